The summed E-state index contributed by atoms with van der Waals surface area (Å²) >= 11 is 0. The first-order valence-electron chi connectivity index (χ1n) is 13.1. The number of esters is 1. The number of ether oxygens (including phenoxy) is 2. The Morgan fingerprint density at radius 2 is 2.02 bits per heavy atom. The average Bonchev–Trinajstić information content (AvgIpc) is 3.43. The third-order valence-corrected chi connectivity index (χ3v) is 8.96. The van der Waals surface area contributed by atoms with E-state index < -0.39 is 50.3 Å². The molecule has 0 amide bonds. The number of carbonyl (C=O) groups is 1. The normalized spacial score (nSPS) is 27.1. The minimum absolute atomic E-state index is 0.237. The van der Waals surface area contributed by atoms with Gasteiger partial charge in [-0.3, -0.25) is 9.32 Å². The van der Waals surface area contributed by atoms with Gasteiger partial charge < -0.3 is 29.9 Å². The molecule has 0 radical (unpaired) electrons. The van der Waals surface area contributed by atoms with Crippen molar-refractivity contribution in [1.29, 1.82) is 0 Å². The van der Waals surface area contributed by atoms with Crippen LogP contribution in [0, 0.1) is 5.92 Å². The molecule has 3 heterocycles. The van der Waals surface area contributed by atoms with Crippen LogP contribution in [-0.2, 0) is 23.4 Å². The maximum atomic E-state index is 13.9. The lowest BCUT2D eigenvalue weighted by Crippen LogP contribution is -2.45. The number of nitrogens with two attached hydrogens (primary N) is 1. The first-order valence-corrected chi connectivity index (χ1v) is 14.7. The van der Waals surface area contributed by atoms with E-state index in [9.17, 15) is 19.6 Å². The number of para-hydroxylation sites is 1. The Morgan fingerprint density at radius 1 is 1.27 bits per heavy atom. The van der Waals surface area contributed by atoms with Crippen molar-refractivity contribution in [3.8, 4) is 5.75 Å². The summed E-state index contributed by atoms with van der Waals surface area (Å²) in [5.41, 5.74) is 5.35. The van der Waals surface area contributed by atoms with Crippen LogP contribution < -0.4 is 15.3 Å². The average molecular weight is 576 g/mol. The molecule has 6 atom stereocenters. The van der Waals surface area contributed by atoms with E-state index in [0.717, 1.165) is 19.3 Å². The number of hydrogen-bond donors (Lipinski definition) is 4. The number of carbonyl (C=O) groups excluding carboxylic acids is 1. The summed E-state index contributed by atoms with van der Waals surface area (Å²) in [6.45, 7) is 2.87. The van der Waals surface area contributed by atoms with E-state index in [2.05, 4.69) is 15.2 Å². The number of aliphatic hydroxyl groups is 2. The Hall–Kier alpha value is -3.06. The van der Waals surface area contributed by atoms with E-state index in [1.165, 1.54) is 24.7 Å². The van der Waals surface area contributed by atoms with Crippen molar-refractivity contribution in [2.45, 2.75) is 63.1 Å². The number of aliphatic hydroxyl groups excluding tert-OH is 2. The van der Waals surface area contributed by atoms with Crippen molar-refractivity contribution < 1.29 is 38.1 Å². The molecule has 216 valence electrons. The second-order valence-electron chi connectivity index (χ2n) is 10.4. The summed E-state index contributed by atoms with van der Waals surface area (Å²) in [4.78, 5) is 16.6. The lowest BCUT2D eigenvalue weighted by molar-refractivity contribution is -0.147. The zero-order valence-corrected chi connectivity index (χ0v) is 23.1. The van der Waals surface area contributed by atoms with E-state index in [-0.39, 0.29) is 11.6 Å². The van der Waals surface area contributed by atoms with Gasteiger partial charge in [-0.1, -0.05) is 24.6 Å². The van der Waals surface area contributed by atoms with Crippen LogP contribution in [-0.4, -0.2) is 67.8 Å². The van der Waals surface area contributed by atoms with E-state index in [4.69, 9.17) is 24.3 Å². The van der Waals surface area contributed by atoms with E-state index in [1.54, 1.807) is 42.5 Å². The first-order chi connectivity index (χ1) is 19.1. The maximum Gasteiger partial charge on any atom is 0.459 e. The van der Waals surface area contributed by atoms with Crippen LogP contribution in [0.25, 0.3) is 5.52 Å². The first kappa shape index (κ1) is 28.5. The fourth-order valence-corrected chi connectivity index (χ4v) is 6.28. The molecule has 40 heavy (non-hydrogen) atoms. The Balaban J connectivity index is 1.31. The molecule has 2 fully saturated rings. The largest absolute Gasteiger partial charge is 0.464 e. The smallest absolute Gasteiger partial charge is 0.459 e. The third kappa shape index (κ3) is 5.85. The van der Waals surface area contributed by atoms with Gasteiger partial charge >= 0.3 is 13.7 Å². The quantitative estimate of drug-likeness (QED) is 0.194. The zero-order chi connectivity index (χ0) is 28.5. The number of nitrogen functional groups attached to an aromatic ring is 1. The molecule has 1 aliphatic heterocycles. The second-order valence-corrected chi connectivity index (χ2v) is 12.1. The van der Waals surface area contributed by atoms with Crippen LogP contribution in [0.5, 0.6) is 5.75 Å². The molecule has 14 heteroatoms. The second kappa shape index (κ2) is 11.4. The topological polar surface area (TPSA) is 180 Å². The molecule has 0 bridgehead atoms. The Labute approximate surface area is 231 Å². The molecule has 1 saturated carbocycles. The summed E-state index contributed by atoms with van der Waals surface area (Å²) in [5.74, 6) is 0.236. The number of nitrogens with zero attached hydrogens (tertiary/aromatic N) is 3. The number of anilines is 1. The summed E-state index contributed by atoms with van der Waals surface area (Å²) in [5, 5.41) is 28.7. The highest BCUT2D eigenvalue weighted by atomic mass is 31.2. The molecule has 2 aromatic heterocycles. The van der Waals surface area contributed by atoms with Gasteiger partial charge in [0, 0.05) is 0 Å². The molecule has 5 rings (SSSR count). The predicted octanol–water partition coefficient (Wildman–Crippen LogP) is 2.39. The van der Waals surface area contributed by atoms with E-state index >= 15 is 0 Å². The standard InChI is InChI=1S/C26H34N5O8P/c1-16(25(34)36-13-17-7-6-8-17)30-40(35,39-18-9-4-3-5-10-18)37-14-26(2)23(33)21(32)22(38-26)19-11-12-20-24(27)28-15-29-31(19)20/h3-5,9-12,15-17,21-23,32-33H,6-8,13-14H2,1-2H3,(H,30,35)(H2,27,28,29)/t16-,21-,22-,23-,26+,40?/m0/s1. The molecule has 1 aliphatic carbocycles. The molecule has 13 nitrogen and oxygen atoms in total. The Bertz CT molecular complexity index is 1390. The summed E-state index contributed by atoms with van der Waals surface area (Å²) in [6.07, 6.45) is 0.607. The van der Waals surface area contributed by atoms with E-state index in [0.29, 0.717) is 23.7 Å². The summed E-state index contributed by atoms with van der Waals surface area (Å²) < 4.78 is 38.3. The maximum absolute atomic E-state index is 13.9. The molecule has 2 aliphatic rings. The highest BCUT2D eigenvalue weighted by Gasteiger charge is 2.54. The van der Waals surface area contributed by atoms with Crippen molar-refractivity contribution in [1.82, 2.24) is 19.7 Å². The van der Waals surface area contributed by atoms with Crippen molar-refractivity contribution in [3.05, 3.63) is 54.5 Å². The van der Waals surface area contributed by atoms with Crippen LogP contribution in [0.3, 0.4) is 0 Å². The molecule has 3 aromatic rings. The monoisotopic (exact) mass is 575 g/mol. The van der Waals surface area contributed by atoms with Crippen LogP contribution in [0.15, 0.2) is 48.8 Å². The van der Waals surface area contributed by atoms with Crippen LogP contribution in [0.4, 0.5) is 5.82 Å². The number of aromatic nitrogens is 3. The predicted molar refractivity (Wildman–Crippen MR) is 143 cm³/mol. The Morgan fingerprint density at radius 3 is 2.73 bits per heavy atom. The number of rotatable bonds is 11. The number of nitrogens with one attached hydrogen (secondary N) is 1. The van der Waals surface area contributed by atoms with Gasteiger partial charge in [0.15, 0.2) is 5.82 Å². The highest BCUT2D eigenvalue weighted by molar-refractivity contribution is 7.52. The number of benzene rings is 1. The lowest BCUT2D eigenvalue weighted by Gasteiger charge is -2.30. The fourth-order valence-electron chi connectivity index (χ4n) is 4.70. The number of fused-ring (bicyclic) bond motifs is 1. The van der Waals surface area contributed by atoms with Crippen molar-refractivity contribution in [3.63, 3.8) is 0 Å². The van der Waals surface area contributed by atoms with Gasteiger partial charge in [-0.25, -0.2) is 14.1 Å². The van der Waals surface area contributed by atoms with Gasteiger partial charge in [-0.05, 0) is 56.9 Å². The van der Waals surface area contributed by atoms with Crippen molar-refractivity contribution in [2.75, 3.05) is 18.9 Å². The van der Waals surface area contributed by atoms with Crippen molar-refractivity contribution >= 4 is 25.1 Å². The molecule has 5 N–H and O–H groups in total. The summed E-state index contributed by atoms with van der Waals surface area (Å²) in [6, 6.07) is 10.6. The van der Waals surface area contributed by atoms with E-state index in [1.807, 2.05) is 0 Å². The Kier molecular flexibility index (Phi) is 8.14. The molecule has 0 spiro atoms. The van der Waals surface area contributed by atoms with Gasteiger partial charge in [-0.15, -0.1) is 0 Å². The SMILES string of the molecule is C[C@H](NP(=O)(OC[C@@]1(C)O[C@@H](c2ccc3c(N)ncnn23)[C@H](O)[C@@H]1O)Oc1ccccc1)C(=O)OCC1CCC1. The van der Waals surface area contributed by atoms with Crippen LogP contribution in [0.2, 0.25) is 0 Å². The highest BCUT2D eigenvalue weighted by Crippen LogP contribution is 2.48. The minimum atomic E-state index is -4.22. The van der Waals surface area contributed by atoms with Gasteiger partial charge in [0.05, 0.1) is 18.9 Å². The van der Waals surface area contributed by atoms with Gasteiger partial charge in [0.2, 0.25) is 0 Å². The van der Waals surface area contributed by atoms with Crippen LogP contribution >= 0.6 is 7.75 Å². The molecule has 1 aromatic carbocycles. The third-order valence-electron chi connectivity index (χ3n) is 7.34. The number of hydrogen-bond acceptors (Lipinski definition) is 11. The fraction of sp³-hybridized carbons (Fsp3) is 0.500. The lowest BCUT2D eigenvalue weighted by atomic mass is 9.86. The molecular formula is C26H34N5O8P. The van der Waals surface area contributed by atoms with Gasteiger partial charge in [0.1, 0.15) is 47.5 Å². The van der Waals surface area contributed by atoms with Crippen molar-refractivity contribution in [2.24, 2.45) is 5.92 Å². The van der Waals surface area contributed by atoms with Gasteiger partial charge in [-0.2, -0.15) is 10.2 Å². The van der Waals surface area contributed by atoms with Crippen LogP contribution in [0.1, 0.15) is 44.9 Å². The zero-order valence-electron chi connectivity index (χ0n) is 22.3. The molecule has 1 unspecified atom stereocenters. The summed E-state index contributed by atoms with van der Waals surface area (Å²) in [7, 11) is -4.22. The van der Waals surface area contributed by atoms with Gasteiger partial charge in [0.25, 0.3) is 0 Å². The molecular weight excluding hydrogens is 541 g/mol. The molecule has 1 saturated heterocycles. The minimum Gasteiger partial charge on any atom is -0.464 e.